The number of hydrazone groups is 1. The zero-order chi connectivity index (χ0) is 12.1. The summed E-state index contributed by atoms with van der Waals surface area (Å²) >= 11 is 0. The highest BCUT2D eigenvalue weighted by atomic mass is 16.2. The molecule has 17 heavy (non-hydrogen) atoms. The highest BCUT2D eigenvalue weighted by Crippen LogP contribution is 2.04. The number of nitrogens with one attached hydrogen (secondary N) is 2. The summed E-state index contributed by atoms with van der Waals surface area (Å²) in [6.45, 7) is 0. The maximum absolute atomic E-state index is 11.6. The highest BCUT2D eigenvalue weighted by Gasteiger charge is 2.02. The quantitative estimate of drug-likeness (QED) is 0.421. The van der Waals surface area contributed by atoms with Crippen LogP contribution in [0.1, 0.15) is 16.1 Å². The second kappa shape index (κ2) is 4.98. The normalized spacial score (nSPS) is 10.6. The smallest absolute Gasteiger partial charge is 0.271 e. The average molecular weight is 228 g/mol. The third-order valence-corrected chi connectivity index (χ3v) is 2.16. The van der Waals surface area contributed by atoms with E-state index in [0.29, 0.717) is 11.3 Å². The van der Waals surface area contributed by atoms with Crippen molar-refractivity contribution in [3.05, 3.63) is 53.9 Å². The molecule has 0 spiro atoms. The predicted octanol–water partition coefficient (Wildman–Crippen LogP) is 1.36. The molecule has 5 nitrogen and oxygen atoms in total. The summed E-state index contributed by atoms with van der Waals surface area (Å²) in [7, 11) is 0. The zero-order valence-corrected chi connectivity index (χ0v) is 9.05. The van der Waals surface area contributed by atoms with Crippen LogP contribution in [0.2, 0.25) is 0 Å². The van der Waals surface area contributed by atoms with E-state index in [4.69, 9.17) is 5.73 Å². The van der Waals surface area contributed by atoms with Crippen molar-refractivity contribution in [2.75, 3.05) is 5.73 Å². The number of hydrogen-bond donors (Lipinski definition) is 3. The number of H-pyrrole nitrogens is 1. The van der Waals surface area contributed by atoms with Crippen molar-refractivity contribution in [1.82, 2.24) is 10.4 Å². The molecule has 0 fully saturated rings. The van der Waals surface area contributed by atoms with Crippen LogP contribution >= 0.6 is 0 Å². The molecule has 1 amide bonds. The fraction of sp³-hybridized carbons (Fsp3) is 0. The SMILES string of the molecule is Nc1ccc(C(=O)N/N=C\c2ccc[nH]2)cc1. The van der Waals surface area contributed by atoms with Gasteiger partial charge >= 0.3 is 0 Å². The molecule has 0 atom stereocenters. The first-order valence-electron chi connectivity index (χ1n) is 5.08. The van der Waals surface area contributed by atoms with Crippen molar-refractivity contribution in [3.63, 3.8) is 0 Å². The van der Waals surface area contributed by atoms with Gasteiger partial charge in [-0.1, -0.05) is 0 Å². The summed E-state index contributed by atoms with van der Waals surface area (Å²) in [5.74, 6) is -0.271. The molecule has 0 aliphatic heterocycles. The molecule has 1 heterocycles. The number of nitrogens with two attached hydrogens (primary N) is 1. The van der Waals surface area contributed by atoms with Crippen molar-refractivity contribution in [2.45, 2.75) is 0 Å². The number of rotatable bonds is 3. The number of amides is 1. The lowest BCUT2D eigenvalue weighted by Gasteiger charge is -1.99. The van der Waals surface area contributed by atoms with Crippen LogP contribution in [0.25, 0.3) is 0 Å². The molecule has 0 saturated heterocycles. The van der Waals surface area contributed by atoms with Gasteiger partial charge in [0.15, 0.2) is 0 Å². The molecule has 4 N–H and O–H groups in total. The van der Waals surface area contributed by atoms with Gasteiger partial charge in [0.1, 0.15) is 0 Å². The molecule has 0 radical (unpaired) electrons. The Morgan fingerprint density at radius 3 is 2.71 bits per heavy atom. The largest absolute Gasteiger partial charge is 0.399 e. The minimum Gasteiger partial charge on any atom is -0.399 e. The monoisotopic (exact) mass is 228 g/mol. The Labute approximate surface area is 98.3 Å². The minimum atomic E-state index is -0.271. The second-order valence-electron chi connectivity index (χ2n) is 3.45. The summed E-state index contributed by atoms with van der Waals surface area (Å²) < 4.78 is 0. The van der Waals surface area contributed by atoms with Gasteiger partial charge in [-0.3, -0.25) is 4.79 Å². The van der Waals surface area contributed by atoms with Crippen molar-refractivity contribution in [2.24, 2.45) is 5.10 Å². The first-order chi connectivity index (χ1) is 8.25. The van der Waals surface area contributed by atoms with E-state index in [0.717, 1.165) is 5.69 Å². The zero-order valence-electron chi connectivity index (χ0n) is 9.05. The van der Waals surface area contributed by atoms with Gasteiger partial charge in [-0.15, -0.1) is 0 Å². The van der Waals surface area contributed by atoms with Gasteiger partial charge in [-0.05, 0) is 36.4 Å². The molecule has 0 saturated carbocycles. The summed E-state index contributed by atoms with van der Waals surface area (Å²) in [6.07, 6.45) is 3.32. The third-order valence-electron chi connectivity index (χ3n) is 2.16. The molecule has 0 aliphatic rings. The van der Waals surface area contributed by atoms with E-state index in [-0.39, 0.29) is 5.91 Å². The highest BCUT2D eigenvalue weighted by molar-refractivity contribution is 5.95. The fourth-order valence-corrected chi connectivity index (χ4v) is 1.28. The average Bonchev–Trinajstić information content (AvgIpc) is 2.83. The van der Waals surface area contributed by atoms with Gasteiger partial charge in [0.2, 0.25) is 0 Å². The molecule has 2 rings (SSSR count). The van der Waals surface area contributed by atoms with Gasteiger partial charge in [0.05, 0.1) is 11.9 Å². The molecule has 1 aromatic heterocycles. The molecule has 0 bridgehead atoms. The molecule has 0 unspecified atom stereocenters. The standard InChI is InChI=1S/C12H12N4O/c13-10-5-3-9(4-6-10)12(17)16-15-8-11-2-1-7-14-11/h1-8,14H,13H2,(H,16,17)/b15-8-. The predicted molar refractivity (Wildman–Crippen MR) is 66.7 cm³/mol. The van der Waals surface area contributed by atoms with E-state index in [2.05, 4.69) is 15.5 Å². The number of nitrogens with zero attached hydrogens (tertiary/aromatic N) is 1. The number of aromatic nitrogens is 1. The molecule has 2 aromatic rings. The number of anilines is 1. The summed E-state index contributed by atoms with van der Waals surface area (Å²) in [6, 6.07) is 10.3. The van der Waals surface area contributed by atoms with Crippen LogP contribution in [-0.4, -0.2) is 17.1 Å². The Hall–Kier alpha value is -2.56. The molecule has 5 heteroatoms. The Morgan fingerprint density at radius 1 is 1.29 bits per heavy atom. The summed E-state index contributed by atoms with van der Waals surface area (Å²) in [5, 5.41) is 3.83. The van der Waals surface area contributed by atoms with Gasteiger partial charge in [-0.2, -0.15) is 5.10 Å². The first kappa shape index (κ1) is 10.9. The lowest BCUT2D eigenvalue weighted by Crippen LogP contribution is -2.17. The number of aromatic amines is 1. The van der Waals surface area contributed by atoms with E-state index in [1.165, 1.54) is 6.21 Å². The van der Waals surface area contributed by atoms with Crippen molar-refractivity contribution in [1.29, 1.82) is 0 Å². The van der Waals surface area contributed by atoms with Crippen LogP contribution in [0, 0.1) is 0 Å². The van der Waals surface area contributed by atoms with Gasteiger partial charge < -0.3 is 10.7 Å². The van der Waals surface area contributed by atoms with Gasteiger partial charge in [0.25, 0.3) is 5.91 Å². The Kier molecular flexibility index (Phi) is 3.20. The van der Waals surface area contributed by atoms with Gasteiger partial charge in [0, 0.05) is 17.4 Å². The van der Waals surface area contributed by atoms with Crippen LogP contribution in [0.3, 0.4) is 0 Å². The van der Waals surface area contributed by atoms with E-state index in [1.54, 1.807) is 30.5 Å². The van der Waals surface area contributed by atoms with Crippen LogP contribution in [0.5, 0.6) is 0 Å². The Bertz CT molecular complexity index is 514. The molecule has 0 aliphatic carbocycles. The van der Waals surface area contributed by atoms with Gasteiger partial charge in [-0.25, -0.2) is 5.43 Å². The molecule has 1 aromatic carbocycles. The third kappa shape index (κ3) is 2.94. The Balaban J connectivity index is 1.96. The summed E-state index contributed by atoms with van der Waals surface area (Å²) in [4.78, 5) is 14.5. The van der Waals surface area contributed by atoms with Crippen LogP contribution in [0.4, 0.5) is 5.69 Å². The van der Waals surface area contributed by atoms with Crippen LogP contribution in [0.15, 0.2) is 47.7 Å². The van der Waals surface area contributed by atoms with Crippen LogP contribution < -0.4 is 11.2 Å². The molecular weight excluding hydrogens is 216 g/mol. The van der Waals surface area contributed by atoms with Crippen molar-refractivity contribution >= 4 is 17.8 Å². The number of carbonyl (C=O) groups excluding carboxylic acids is 1. The maximum Gasteiger partial charge on any atom is 0.271 e. The summed E-state index contributed by atoms with van der Waals surface area (Å²) in [5.41, 5.74) is 9.91. The van der Waals surface area contributed by atoms with Crippen molar-refractivity contribution in [3.8, 4) is 0 Å². The topological polar surface area (TPSA) is 83.3 Å². The van der Waals surface area contributed by atoms with Crippen molar-refractivity contribution < 1.29 is 4.79 Å². The Morgan fingerprint density at radius 2 is 2.06 bits per heavy atom. The van der Waals surface area contributed by atoms with E-state index in [1.807, 2.05) is 12.1 Å². The maximum atomic E-state index is 11.6. The fourth-order valence-electron chi connectivity index (χ4n) is 1.28. The van der Waals surface area contributed by atoms with Crippen LogP contribution in [-0.2, 0) is 0 Å². The number of carbonyl (C=O) groups is 1. The van der Waals surface area contributed by atoms with E-state index >= 15 is 0 Å². The number of hydrogen-bond acceptors (Lipinski definition) is 3. The number of benzene rings is 1. The minimum absolute atomic E-state index is 0.271. The van der Waals surface area contributed by atoms with E-state index < -0.39 is 0 Å². The number of nitrogen functional groups attached to an aromatic ring is 1. The lowest BCUT2D eigenvalue weighted by atomic mass is 10.2. The van der Waals surface area contributed by atoms with E-state index in [9.17, 15) is 4.79 Å². The second-order valence-corrected chi connectivity index (χ2v) is 3.45. The molecule has 86 valence electrons. The first-order valence-corrected chi connectivity index (χ1v) is 5.08. The lowest BCUT2D eigenvalue weighted by molar-refractivity contribution is 0.0955. The molecular formula is C12H12N4O.